The summed E-state index contributed by atoms with van der Waals surface area (Å²) in [5.41, 5.74) is -0.855. The van der Waals surface area contributed by atoms with E-state index in [2.05, 4.69) is 5.32 Å². The lowest BCUT2D eigenvalue weighted by molar-refractivity contribution is -0.136. The van der Waals surface area contributed by atoms with E-state index in [9.17, 15) is 26.4 Å². The molecule has 0 fully saturated rings. The summed E-state index contributed by atoms with van der Waals surface area (Å²) in [6.45, 7) is 1.35. The predicted octanol–water partition coefficient (Wildman–Crippen LogP) is 5.26. The van der Waals surface area contributed by atoms with Gasteiger partial charge in [0, 0.05) is 6.54 Å². The number of nitrogens with zero attached hydrogens (tertiary/aromatic N) is 1. The summed E-state index contributed by atoms with van der Waals surface area (Å²) < 4.78 is 73.7. The molecule has 0 saturated heterocycles. The molecule has 0 saturated carbocycles. The number of urea groups is 1. The van der Waals surface area contributed by atoms with Crippen LogP contribution in [0.3, 0.4) is 0 Å². The van der Waals surface area contributed by atoms with Crippen LogP contribution < -0.4 is 9.50 Å². The number of benzene rings is 2. The molecule has 1 heterocycles. The quantitative estimate of drug-likeness (QED) is 0.443. The summed E-state index contributed by atoms with van der Waals surface area (Å²) in [5.74, 6) is 0.258. The molecule has 2 aromatic carbocycles. The molecule has 3 aromatic rings. The number of anilines is 1. The zero-order chi connectivity index (χ0) is 24.1. The van der Waals surface area contributed by atoms with Crippen molar-refractivity contribution in [1.29, 1.82) is 0 Å². The molecule has 1 N–H and O–H groups in total. The fourth-order valence-electron chi connectivity index (χ4n) is 2.95. The van der Waals surface area contributed by atoms with Crippen LogP contribution >= 0.6 is 0 Å². The van der Waals surface area contributed by atoms with E-state index >= 15 is 0 Å². The number of alkyl halides is 3. The minimum absolute atomic E-state index is 0.0363. The summed E-state index contributed by atoms with van der Waals surface area (Å²) in [6.07, 6.45) is -3.24. The monoisotopic (exact) mass is 482 g/mol. The van der Waals surface area contributed by atoms with Gasteiger partial charge in [-0.1, -0.05) is 24.3 Å². The largest absolute Gasteiger partial charge is 0.467 e. The number of para-hydroxylation sites is 1. The number of rotatable bonds is 8. The third kappa shape index (κ3) is 6.75. The van der Waals surface area contributed by atoms with E-state index in [0.717, 1.165) is 12.1 Å². The molecule has 2 amide bonds. The minimum atomic E-state index is -4.65. The molecular weight excluding hydrogens is 461 g/mol. The van der Waals surface area contributed by atoms with Gasteiger partial charge in [0.2, 0.25) is 0 Å². The van der Waals surface area contributed by atoms with E-state index in [1.54, 1.807) is 24.3 Å². The van der Waals surface area contributed by atoms with Gasteiger partial charge in [0.15, 0.2) is 0 Å². The van der Waals surface area contributed by atoms with Crippen molar-refractivity contribution in [3.05, 3.63) is 83.8 Å². The van der Waals surface area contributed by atoms with Crippen molar-refractivity contribution in [2.24, 2.45) is 0 Å². The lowest BCUT2D eigenvalue weighted by Gasteiger charge is -2.23. The normalized spacial score (nSPS) is 11.8. The van der Waals surface area contributed by atoms with Crippen LogP contribution in [0, 0.1) is 0 Å². The maximum atomic E-state index is 13.3. The van der Waals surface area contributed by atoms with Gasteiger partial charge in [-0.3, -0.25) is 0 Å². The zero-order valence-electron chi connectivity index (χ0n) is 17.5. The Morgan fingerprint density at radius 1 is 1.06 bits per heavy atom. The highest BCUT2D eigenvalue weighted by Crippen LogP contribution is 2.34. The van der Waals surface area contributed by atoms with Crippen LogP contribution in [-0.4, -0.2) is 25.1 Å². The molecule has 11 heteroatoms. The molecule has 0 spiro atoms. The number of hydrogen-bond donors (Lipinski definition) is 1. The first-order valence-electron chi connectivity index (χ1n) is 9.83. The smallest absolute Gasteiger partial charge is 0.418 e. The Balaban J connectivity index is 1.85. The zero-order valence-corrected chi connectivity index (χ0v) is 18.3. The Bertz CT molecular complexity index is 1190. The highest BCUT2D eigenvalue weighted by molar-refractivity contribution is 7.87. The summed E-state index contributed by atoms with van der Waals surface area (Å²) in [7, 11) is -3.75. The summed E-state index contributed by atoms with van der Waals surface area (Å²) in [6, 6.07) is 13.2. The molecule has 0 radical (unpaired) electrons. The van der Waals surface area contributed by atoms with E-state index in [1.165, 1.54) is 42.4 Å². The van der Waals surface area contributed by atoms with Crippen LogP contribution in [0.25, 0.3) is 0 Å². The molecular formula is C22H21F3N2O5S. The Hall–Kier alpha value is -3.47. The number of amides is 2. The Morgan fingerprint density at radius 2 is 1.82 bits per heavy atom. The van der Waals surface area contributed by atoms with Gasteiger partial charge < -0.3 is 18.8 Å². The van der Waals surface area contributed by atoms with E-state index < -0.39 is 27.9 Å². The first-order valence-corrected chi connectivity index (χ1v) is 11.4. The molecule has 0 atom stereocenters. The standard InChI is InChI=1S/C22H21F3N2O5S/c1-2-33(29,30)32-17-8-5-7-16(13-17)14-27(15-18-9-6-12-31-18)21(28)26-20-11-4-3-10-19(20)22(23,24)25/h3-13H,2,14-15H2,1H3,(H,26,28). The number of carbonyl (C=O) groups excluding carboxylic acids is 1. The summed E-state index contributed by atoms with van der Waals surface area (Å²) >= 11 is 0. The molecule has 0 bridgehead atoms. The van der Waals surface area contributed by atoms with E-state index in [-0.39, 0.29) is 30.3 Å². The van der Waals surface area contributed by atoms with Gasteiger partial charge in [-0.2, -0.15) is 21.6 Å². The van der Waals surface area contributed by atoms with Crippen LogP contribution in [0.4, 0.5) is 23.7 Å². The van der Waals surface area contributed by atoms with E-state index in [0.29, 0.717) is 11.3 Å². The average Bonchev–Trinajstić information content (AvgIpc) is 3.26. The SMILES string of the molecule is CCS(=O)(=O)Oc1cccc(CN(Cc2ccco2)C(=O)Nc2ccccc2C(F)(F)F)c1. The second-order valence-corrected chi connectivity index (χ2v) is 8.85. The lowest BCUT2D eigenvalue weighted by atomic mass is 10.1. The summed E-state index contributed by atoms with van der Waals surface area (Å²) in [5, 5.41) is 2.31. The topological polar surface area (TPSA) is 88.9 Å². The molecule has 7 nitrogen and oxygen atoms in total. The Kier molecular flexibility index (Phi) is 7.32. The Morgan fingerprint density at radius 3 is 2.48 bits per heavy atom. The van der Waals surface area contributed by atoms with Crippen LogP contribution in [0.5, 0.6) is 5.75 Å². The fourth-order valence-corrected chi connectivity index (χ4v) is 3.46. The van der Waals surface area contributed by atoms with E-state index in [4.69, 9.17) is 8.60 Å². The van der Waals surface area contributed by atoms with Gasteiger partial charge in [0.1, 0.15) is 11.5 Å². The van der Waals surface area contributed by atoms with Gasteiger partial charge in [-0.25, -0.2) is 4.79 Å². The molecule has 176 valence electrons. The second-order valence-electron chi connectivity index (χ2n) is 6.99. The Labute approximate surface area is 188 Å². The second kappa shape index (κ2) is 9.99. The number of nitrogens with one attached hydrogen (secondary N) is 1. The molecule has 0 unspecified atom stereocenters. The van der Waals surface area contributed by atoms with Crippen molar-refractivity contribution in [3.63, 3.8) is 0 Å². The number of hydrogen-bond acceptors (Lipinski definition) is 5. The molecule has 1 aromatic heterocycles. The molecule has 0 aliphatic heterocycles. The highest BCUT2D eigenvalue weighted by Gasteiger charge is 2.34. The van der Waals surface area contributed by atoms with Crippen LogP contribution in [0.2, 0.25) is 0 Å². The fraction of sp³-hybridized carbons (Fsp3) is 0.227. The molecule has 0 aliphatic carbocycles. The third-order valence-corrected chi connectivity index (χ3v) is 5.69. The molecule has 0 aliphatic rings. The minimum Gasteiger partial charge on any atom is -0.467 e. The number of carbonyl (C=O) groups is 1. The maximum Gasteiger partial charge on any atom is 0.418 e. The lowest BCUT2D eigenvalue weighted by Crippen LogP contribution is -2.34. The van der Waals surface area contributed by atoms with Crippen molar-refractivity contribution in [1.82, 2.24) is 4.90 Å². The van der Waals surface area contributed by atoms with Gasteiger partial charge in [-0.05, 0) is 48.9 Å². The number of furan rings is 1. The van der Waals surface area contributed by atoms with Crippen molar-refractivity contribution in [3.8, 4) is 5.75 Å². The summed E-state index contributed by atoms with van der Waals surface area (Å²) in [4.78, 5) is 14.2. The van der Waals surface area contributed by atoms with Crippen LogP contribution in [0.1, 0.15) is 23.8 Å². The van der Waals surface area contributed by atoms with Gasteiger partial charge in [-0.15, -0.1) is 0 Å². The van der Waals surface area contributed by atoms with Crippen LogP contribution in [-0.2, 0) is 29.4 Å². The van der Waals surface area contributed by atoms with Gasteiger partial charge >= 0.3 is 22.3 Å². The molecule has 3 rings (SSSR count). The van der Waals surface area contributed by atoms with E-state index in [1.807, 2.05) is 0 Å². The highest BCUT2D eigenvalue weighted by atomic mass is 32.2. The van der Waals surface area contributed by atoms with Crippen molar-refractivity contribution in [2.45, 2.75) is 26.2 Å². The van der Waals surface area contributed by atoms with Crippen LogP contribution in [0.15, 0.2) is 71.3 Å². The van der Waals surface area contributed by atoms with Gasteiger partial charge in [0.25, 0.3) is 0 Å². The van der Waals surface area contributed by atoms with Crippen molar-refractivity contribution < 1.29 is 35.0 Å². The first-order chi connectivity index (χ1) is 15.6. The van der Waals surface area contributed by atoms with Gasteiger partial charge in [0.05, 0.1) is 29.8 Å². The maximum absolute atomic E-state index is 13.3. The first kappa shape index (κ1) is 24.2. The number of halogens is 3. The average molecular weight is 482 g/mol. The third-order valence-electron chi connectivity index (χ3n) is 4.54. The predicted molar refractivity (Wildman–Crippen MR) is 115 cm³/mol. The van der Waals surface area contributed by atoms with Crippen molar-refractivity contribution in [2.75, 3.05) is 11.1 Å². The van der Waals surface area contributed by atoms with Crippen molar-refractivity contribution >= 4 is 21.8 Å². The molecule has 33 heavy (non-hydrogen) atoms.